The van der Waals surface area contributed by atoms with Crippen LogP contribution in [-0.4, -0.2) is 41.2 Å². The Balaban J connectivity index is 1.36. The second-order valence-electron chi connectivity index (χ2n) is 10.3. The number of alkyl halides is 3. The lowest BCUT2D eigenvalue weighted by molar-refractivity contribution is -0.181. The van der Waals surface area contributed by atoms with Crippen LogP contribution in [0.3, 0.4) is 0 Å². The first-order chi connectivity index (χ1) is 18.3. The average Bonchev–Trinajstić information content (AvgIpc) is 2.89. The van der Waals surface area contributed by atoms with Gasteiger partial charge in [0, 0.05) is 24.4 Å². The number of nitrogens with one attached hydrogen (secondary N) is 2. The molecule has 1 heterocycles. The standard InChI is InChI=1S/C28H36F3N7/c1-37-24-12-5-4-11-23(24)26(35-27(37)28(29,30)31)34-17-18-13-15-19(16-14-18)21-9-2-3-10-22(21)25(32)38(36-33)20-7-6-8-20/h2-3,9-10,13-16,20,25,27,36H,4-8,11-12,17,32-33H2,1H3,(H,34,35). The summed E-state index contributed by atoms with van der Waals surface area (Å²) in [6, 6.07) is 16.3. The lowest BCUT2D eigenvalue weighted by Gasteiger charge is -2.42. The van der Waals surface area contributed by atoms with Crippen LogP contribution >= 0.6 is 0 Å². The van der Waals surface area contributed by atoms with Crippen LogP contribution in [0.2, 0.25) is 0 Å². The minimum absolute atomic E-state index is 0.293. The van der Waals surface area contributed by atoms with Gasteiger partial charge in [-0.15, -0.1) is 0 Å². The summed E-state index contributed by atoms with van der Waals surface area (Å²) in [4.78, 5) is 5.96. The fourth-order valence-corrected chi connectivity index (χ4v) is 5.65. The van der Waals surface area contributed by atoms with E-state index in [9.17, 15) is 13.2 Å². The van der Waals surface area contributed by atoms with Crippen LogP contribution in [0, 0.1) is 0 Å². The Morgan fingerprint density at radius 2 is 1.79 bits per heavy atom. The van der Waals surface area contributed by atoms with Crippen molar-refractivity contribution in [3.05, 3.63) is 70.9 Å². The topological polar surface area (TPSA) is 94.9 Å². The zero-order valence-electron chi connectivity index (χ0n) is 21.6. The summed E-state index contributed by atoms with van der Waals surface area (Å²) in [6.07, 6.45) is -0.0269. The van der Waals surface area contributed by atoms with E-state index in [1.165, 1.54) is 18.4 Å². The molecule has 1 saturated carbocycles. The number of hydrazine groups is 2. The number of halogens is 3. The molecular formula is C28H36F3N7. The Hall–Kier alpha value is -2.92. The second-order valence-corrected chi connectivity index (χ2v) is 10.3. The van der Waals surface area contributed by atoms with Gasteiger partial charge in [-0.1, -0.05) is 55.0 Å². The van der Waals surface area contributed by atoms with Crippen LogP contribution in [0.25, 0.3) is 11.1 Å². The minimum atomic E-state index is -4.39. The van der Waals surface area contributed by atoms with Crippen molar-refractivity contribution >= 4 is 5.84 Å². The molecule has 0 radical (unpaired) electrons. The van der Waals surface area contributed by atoms with Crippen molar-refractivity contribution in [1.82, 2.24) is 20.8 Å². The van der Waals surface area contributed by atoms with Gasteiger partial charge in [-0.2, -0.15) is 18.7 Å². The van der Waals surface area contributed by atoms with E-state index in [2.05, 4.69) is 15.8 Å². The number of amidine groups is 1. The highest BCUT2D eigenvalue weighted by Gasteiger charge is 2.47. The largest absolute Gasteiger partial charge is 0.427 e. The number of rotatable bonds is 7. The summed E-state index contributed by atoms with van der Waals surface area (Å²) in [7, 11) is 1.51. The highest BCUT2D eigenvalue weighted by atomic mass is 19.4. The molecule has 0 saturated heterocycles. The Labute approximate surface area is 221 Å². The molecule has 0 amide bonds. The van der Waals surface area contributed by atoms with E-state index in [1.807, 2.05) is 53.5 Å². The highest BCUT2D eigenvalue weighted by molar-refractivity contribution is 6.00. The lowest BCUT2D eigenvalue weighted by Crippen LogP contribution is -2.59. The zero-order chi connectivity index (χ0) is 26.9. The second kappa shape index (κ2) is 11.1. The molecule has 2 aromatic carbocycles. The number of aliphatic imine (C=N–C) groups is 1. The van der Waals surface area contributed by atoms with Gasteiger partial charge < -0.3 is 16.0 Å². The van der Waals surface area contributed by atoms with E-state index < -0.39 is 18.5 Å². The van der Waals surface area contributed by atoms with E-state index in [4.69, 9.17) is 11.6 Å². The van der Waals surface area contributed by atoms with Crippen molar-refractivity contribution in [2.75, 3.05) is 7.05 Å². The van der Waals surface area contributed by atoms with Gasteiger partial charge in [0.2, 0.25) is 0 Å². The van der Waals surface area contributed by atoms with Crippen LogP contribution < -0.4 is 22.4 Å². The first-order valence-electron chi connectivity index (χ1n) is 13.3. The fraction of sp³-hybridized carbons (Fsp3) is 0.464. The number of hydrogen-bond acceptors (Lipinski definition) is 6. The molecule has 2 aromatic rings. The third-order valence-electron chi connectivity index (χ3n) is 8.00. The van der Waals surface area contributed by atoms with Crippen LogP contribution in [0.15, 0.2) is 64.8 Å². The van der Waals surface area contributed by atoms with Gasteiger partial charge in [0.25, 0.3) is 0 Å². The lowest BCUT2D eigenvalue weighted by atomic mass is 9.90. The van der Waals surface area contributed by atoms with Gasteiger partial charge in [0.15, 0.2) is 6.17 Å². The van der Waals surface area contributed by atoms with Crippen molar-refractivity contribution < 1.29 is 13.2 Å². The van der Waals surface area contributed by atoms with Gasteiger partial charge in [0.1, 0.15) is 5.84 Å². The predicted octanol–water partition coefficient (Wildman–Crippen LogP) is 4.69. The van der Waals surface area contributed by atoms with Crippen molar-refractivity contribution in [3.63, 3.8) is 0 Å². The molecule has 2 atom stereocenters. The van der Waals surface area contributed by atoms with Crippen molar-refractivity contribution in [2.45, 2.75) is 76.0 Å². The van der Waals surface area contributed by atoms with E-state index in [0.717, 1.165) is 65.6 Å². The molecule has 38 heavy (non-hydrogen) atoms. The van der Waals surface area contributed by atoms with Crippen LogP contribution in [0.4, 0.5) is 13.2 Å². The van der Waals surface area contributed by atoms with Crippen LogP contribution in [-0.2, 0) is 6.54 Å². The van der Waals surface area contributed by atoms with E-state index in [0.29, 0.717) is 24.8 Å². The SMILES string of the molecule is CN1C2=C(CCCC2)C(=NCc2ccc(-c3ccccc3C(N)N(NN)C3CCC3)cc2)NC1C(F)(F)F. The molecule has 204 valence electrons. The summed E-state index contributed by atoms with van der Waals surface area (Å²) in [5.41, 5.74) is 15.0. The molecular weight excluding hydrogens is 491 g/mol. The molecule has 3 aliphatic rings. The van der Waals surface area contributed by atoms with E-state index >= 15 is 0 Å². The zero-order valence-corrected chi connectivity index (χ0v) is 21.6. The monoisotopic (exact) mass is 527 g/mol. The molecule has 1 fully saturated rings. The van der Waals surface area contributed by atoms with Crippen molar-refractivity contribution in [1.29, 1.82) is 0 Å². The molecule has 0 aromatic heterocycles. The van der Waals surface area contributed by atoms with Gasteiger partial charge in [0.05, 0.1) is 12.7 Å². The van der Waals surface area contributed by atoms with Gasteiger partial charge in [-0.05, 0) is 60.8 Å². The van der Waals surface area contributed by atoms with Crippen LogP contribution in [0.1, 0.15) is 62.2 Å². The van der Waals surface area contributed by atoms with E-state index in [1.54, 1.807) is 0 Å². The number of hydrogen-bond donors (Lipinski definition) is 4. The van der Waals surface area contributed by atoms with Crippen LogP contribution in [0.5, 0.6) is 0 Å². The molecule has 1 aliphatic heterocycles. The van der Waals surface area contributed by atoms with E-state index in [-0.39, 0.29) is 0 Å². The maximum Gasteiger partial charge on any atom is 0.427 e. The molecule has 10 heteroatoms. The van der Waals surface area contributed by atoms with Gasteiger partial charge in [-0.25, -0.2) is 5.01 Å². The first kappa shape index (κ1) is 26.7. The molecule has 2 unspecified atom stereocenters. The summed E-state index contributed by atoms with van der Waals surface area (Å²) in [6.45, 7) is 0.293. The fourth-order valence-electron chi connectivity index (χ4n) is 5.65. The third-order valence-corrected chi connectivity index (χ3v) is 8.00. The van der Waals surface area contributed by atoms with Gasteiger partial charge in [-0.3, -0.25) is 10.8 Å². The number of nitrogens with two attached hydrogens (primary N) is 2. The number of nitrogens with zero attached hydrogens (tertiary/aromatic N) is 3. The average molecular weight is 528 g/mol. The Morgan fingerprint density at radius 3 is 2.45 bits per heavy atom. The number of benzene rings is 2. The Kier molecular flexibility index (Phi) is 7.76. The maximum absolute atomic E-state index is 13.7. The third kappa shape index (κ3) is 5.31. The predicted molar refractivity (Wildman–Crippen MR) is 143 cm³/mol. The minimum Gasteiger partial charge on any atom is -0.350 e. The Bertz CT molecular complexity index is 1190. The normalized spacial score (nSPS) is 22.3. The van der Waals surface area contributed by atoms with Crippen molar-refractivity contribution in [3.8, 4) is 11.1 Å². The van der Waals surface area contributed by atoms with Gasteiger partial charge >= 0.3 is 6.18 Å². The summed E-state index contributed by atoms with van der Waals surface area (Å²) in [5.74, 6) is 6.18. The Morgan fingerprint density at radius 1 is 1.08 bits per heavy atom. The maximum atomic E-state index is 13.7. The smallest absolute Gasteiger partial charge is 0.350 e. The van der Waals surface area contributed by atoms with Crippen molar-refractivity contribution in [2.24, 2.45) is 16.6 Å². The molecule has 6 N–H and O–H groups in total. The summed E-state index contributed by atoms with van der Waals surface area (Å²) < 4.78 is 41.2. The molecule has 5 rings (SSSR count). The first-order valence-corrected chi connectivity index (χ1v) is 13.3. The quantitative estimate of drug-likeness (QED) is 0.237. The summed E-state index contributed by atoms with van der Waals surface area (Å²) in [5, 5.41) is 4.58. The molecule has 7 nitrogen and oxygen atoms in total. The number of allylic oxidation sites excluding steroid dienone is 1. The summed E-state index contributed by atoms with van der Waals surface area (Å²) >= 11 is 0. The molecule has 0 spiro atoms. The highest BCUT2D eigenvalue weighted by Crippen LogP contribution is 2.36. The molecule has 0 bridgehead atoms. The molecule has 2 aliphatic carbocycles.